The minimum atomic E-state index is 0.979. The molecule has 1 aromatic rings. The van der Waals surface area contributed by atoms with Gasteiger partial charge in [-0.15, -0.1) is 0 Å². The Kier molecular flexibility index (Phi) is 1.56. The maximum absolute atomic E-state index is 3.79. The molecule has 0 saturated carbocycles. The van der Waals surface area contributed by atoms with E-state index >= 15 is 0 Å². The first-order chi connectivity index (χ1) is 4.18. The van der Waals surface area contributed by atoms with Crippen LogP contribution in [-0.2, 0) is 0 Å². The Bertz CT molecular complexity index is 161. The van der Waals surface area contributed by atoms with Crippen LogP contribution in [0.1, 0.15) is 16.7 Å². The minimum absolute atomic E-state index is 0.979. The molecule has 0 N–H and O–H groups in total. The second-order valence-corrected chi connectivity index (χ2v) is 2.37. The van der Waals surface area contributed by atoms with Gasteiger partial charge in [0.15, 0.2) is 0 Å². The summed E-state index contributed by atoms with van der Waals surface area (Å²) in [5, 5.41) is 0. The van der Waals surface area contributed by atoms with Gasteiger partial charge < -0.3 is 0 Å². The third-order valence-corrected chi connectivity index (χ3v) is 1.20. The third-order valence-electron chi connectivity index (χ3n) is 1.20. The Labute approximate surface area is 56.5 Å². The lowest BCUT2D eigenvalue weighted by atomic mass is 10.1. The van der Waals surface area contributed by atoms with E-state index < -0.39 is 0 Å². The van der Waals surface area contributed by atoms with Gasteiger partial charge in [0.25, 0.3) is 0 Å². The monoisotopic (exact) mass is 118 g/mol. The number of hydrogen-bond donors (Lipinski definition) is 0. The SMILES string of the molecule is [CH2]c1[c]c(C)cc(C)c1. The highest BCUT2D eigenvalue weighted by molar-refractivity contribution is 5.28. The van der Waals surface area contributed by atoms with Crippen molar-refractivity contribution in [2.45, 2.75) is 13.8 Å². The van der Waals surface area contributed by atoms with Gasteiger partial charge in [0.1, 0.15) is 0 Å². The van der Waals surface area contributed by atoms with E-state index in [-0.39, 0.29) is 0 Å². The summed E-state index contributed by atoms with van der Waals surface area (Å²) in [5.74, 6) is 0. The van der Waals surface area contributed by atoms with Gasteiger partial charge >= 0.3 is 0 Å². The van der Waals surface area contributed by atoms with E-state index in [9.17, 15) is 0 Å². The highest BCUT2D eigenvalue weighted by Gasteiger charge is 1.88. The van der Waals surface area contributed by atoms with Crippen molar-refractivity contribution in [2.75, 3.05) is 0 Å². The Morgan fingerprint density at radius 1 is 1.33 bits per heavy atom. The fourth-order valence-electron chi connectivity index (χ4n) is 0.983. The van der Waals surface area contributed by atoms with Gasteiger partial charge in [-0.2, -0.15) is 0 Å². The summed E-state index contributed by atoms with van der Waals surface area (Å²) in [6.07, 6.45) is 0. The fourth-order valence-corrected chi connectivity index (χ4v) is 0.983. The van der Waals surface area contributed by atoms with Gasteiger partial charge in [-0.3, -0.25) is 0 Å². The van der Waals surface area contributed by atoms with E-state index in [4.69, 9.17) is 0 Å². The van der Waals surface area contributed by atoms with Gasteiger partial charge in [-0.25, -0.2) is 0 Å². The summed E-state index contributed by atoms with van der Waals surface area (Å²) < 4.78 is 0. The lowest BCUT2D eigenvalue weighted by Crippen LogP contribution is -1.79. The van der Waals surface area contributed by atoms with Crippen molar-refractivity contribution in [1.29, 1.82) is 0 Å². The van der Waals surface area contributed by atoms with Crippen molar-refractivity contribution >= 4 is 0 Å². The molecule has 2 radical (unpaired) electrons. The number of rotatable bonds is 0. The molecule has 0 unspecified atom stereocenters. The van der Waals surface area contributed by atoms with Crippen LogP contribution >= 0.6 is 0 Å². The van der Waals surface area contributed by atoms with Crippen LogP contribution in [0.3, 0.4) is 0 Å². The Balaban J connectivity index is 3.17. The summed E-state index contributed by atoms with van der Waals surface area (Å²) in [5.41, 5.74) is 3.41. The molecule has 0 aromatic heterocycles. The zero-order chi connectivity index (χ0) is 6.85. The first-order valence-electron chi connectivity index (χ1n) is 3.01. The maximum Gasteiger partial charge on any atom is -0.0117 e. The molecule has 0 bridgehead atoms. The molecule has 1 rings (SSSR count). The van der Waals surface area contributed by atoms with Crippen LogP contribution in [0.4, 0.5) is 0 Å². The molecule has 0 aliphatic heterocycles. The first kappa shape index (κ1) is 6.34. The molecule has 0 fully saturated rings. The smallest absolute Gasteiger partial charge is 0.0117 e. The van der Waals surface area contributed by atoms with Gasteiger partial charge in [0.05, 0.1) is 0 Å². The second kappa shape index (κ2) is 2.22. The van der Waals surface area contributed by atoms with E-state index in [1.165, 1.54) is 11.1 Å². The molecule has 0 heteroatoms. The highest BCUT2D eigenvalue weighted by atomic mass is 13.9. The average Bonchev–Trinajstić information content (AvgIpc) is 1.59. The lowest BCUT2D eigenvalue weighted by Gasteiger charge is -1.96. The molecule has 0 nitrogen and oxygen atoms in total. The summed E-state index contributed by atoms with van der Waals surface area (Å²) in [7, 11) is 0. The van der Waals surface area contributed by atoms with E-state index in [1.807, 2.05) is 13.0 Å². The summed E-state index contributed by atoms with van der Waals surface area (Å²) in [4.78, 5) is 0. The zero-order valence-corrected chi connectivity index (χ0v) is 5.86. The fraction of sp³-hybridized carbons (Fsp3) is 0.222. The van der Waals surface area contributed by atoms with Crippen LogP contribution in [-0.4, -0.2) is 0 Å². The standard InChI is InChI=1S/C9H10/c1-7-4-8(2)6-9(3)5-7/h4,6H,1H2,2-3H3. The molecular weight excluding hydrogens is 108 g/mol. The van der Waals surface area contributed by atoms with E-state index in [1.54, 1.807) is 0 Å². The second-order valence-electron chi connectivity index (χ2n) is 2.37. The zero-order valence-electron chi connectivity index (χ0n) is 5.86. The number of aryl methyl sites for hydroxylation is 2. The van der Waals surface area contributed by atoms with Crippen LogP contribution in [0.25, 0.3) is 0 Å². The topological polar surface area (TPSA) is 0 Å². The molecule has 0 saturated heterocycles. The number of benzene rings is 1. The van der Waals surface area contributed by atoms with Gasteiger partial charge in [-0.05, 0) is 38.0 Å². The van der Waals surface area contributed by atoms with E-state index in [2.05, 4.69) is 26.0 Å². The van der Waals surface area contributed by atoms with Crippen LogP contribution in [0.15, 0.2) is 12.1 Å². The molecule has 0 aliphatic rings. The van der Waals surface area contributed by atoms with Crippen molar-refractivity contribution in [3.05, 3.63) is 41.8 Å². The van der Waals surface area contributed by atoms with Crippen molar-refractivity contribution in [1.82, 2.24) is 0 Å². The largest absolute Gasteiger partial charge is 0.0557 e. The molecule has 0 spiro atoms. The Hall–Kier alpha value is -0.780. The van der Waals surface area contributed by atoms with Gasteiger partial charge in [0.2, 0.25) is 0 Å². The van der Waals surface area contributed by atoms with Crippen LogP contribution in [0, 0.1) is 26.8 Å². The quantitative estimate of drug-likeness (QED) is 0.490. The van der Waals surface area contributed by atoms with Crippen molar-refractivity contribution < 1.29 is 0 Å². The molecule has 0 amide bonds. The predicted molar refractivity (Wildman–Crippen MR) is 39.2 cm³/mol. The normalized spacial score (nSPS) is 9.67. The van der Waals surface area contributed by atoms with Crippen LogP contribution < -0.4 is 0 Å². The lowest BCUT2D eigenvalue weighted by molar-refractivity contribution is 1.35. The molecule has 0 aliphatic carbocycles. The summed E-state index contributed by atoms with van der Waals surface area (Å²) in [6, 6.07) is 7.21. The van der Waals surface area contributed by atoms with Crippen molar-refractivity contribution in [3.8, 4) is 0 Å². The van der Waals surface area contributed by atoms with E-state index in [0.29, 0.717) is 0 Å². The summed E-state index contributed by atoms with van der Waals surface area (Å²) >= 11 is 0. The molecule has 1 aromatic carbocycles. The van der Waals surface area contributed by atoms with Crippen molar-refractivity contribution in [3.63, 3.8) is 0 Å². The molecular formula is C9H10. The van der Waals surface area contributed by atoms with Gasteiger partial charge in [0, 0.05) is 0 Å². The Morgan fingerprint density at radius 2 is 2.00 bits per heavy atom. The Morgan fingerprint density at radius 3 is 2.44 bits per heavy atom. The van der Waals surface area contributed by atoms with Gasteiger partial charge in [-0.1, -0.05) is 17.7 Å². The van der Waals surface area contributed by atoms with E-state index in [0.717, 1.165) is 5.56 Å². The van der Waals surface area contributed by atoms with Crippen LogP contribution in [0.2, 0.25) is 0 Å². The average molecular weight is 118 g/mol. The van der Waals surface area contributed by atoms with Crippen LogP contribution in [0.5, 0.6) is 0 Å². The summed E-state index contributed by atoms with van der Waals surface area (Å²) in [6.45, 7) is 7.88. The number of hydrogen-bond acceptors (Lipinski definition) is 0. The maximum atomic E-state index is 3.79. The molecule has 46 valence electrons. The predicted octanol–water partition coefficient (Wildman–Crippen LogP) is 2.29. The third kappa shape index (κ3) is 1.56. The molecule has 9 heavy (non-hydrogen) atoms. The minimum Gasteiger partial charge on any atom is -0.0557 e. The highest BCUT2D eigenvalue weighted by Crippen LogP contribution is 2.05. The first-order valence-corrected chi connectivity index (χ1v) is 3.01. The molecule has 0 heterocycles. The molecule has 0 atom stereocenters. The van der Waals surface area contributed by atoms with Crippen molar-refractivity contribution in [2.24, 2.45) is 0 Å².